The lowest BCUT2D eigenvalue weighted by atomic mass is 10.2. The predicted molar refractivity (Wildman–Crippen MR) is 69.9 cm³/mol. The van der Waals surface area contributed by atoms with Gasteiger partial charge in [-0.05, 0) is 28.7 Å². The highest BCUT2D eigenvalue weighted by atomic mass is 127. The zero-order chi connectivity index (χ0) is 12.1. The second-order valence-electron chi connectivity index (χ2n) is 3.26. The Morgan fingerprint density at radius 2 is 1.81 bits per heavy atom. The molecule has 1 rings (SSSR count). The smallest absolute Gasteiger partial charge is 0.138 e. The number of anilines is 2. The van der Waals surface area contributed by atoms with Gasteiger partial charge in [0.05, 0.1) is 28.2 Å². The predicted octanol–water partition coefficient (Wildman–Crippen LogP) is 0.804. The molecule has 4 N–H and O–H groups in total. The van der Waals surface area contributed by atoms with E-state index in [9.17, 15) is 4.39 Å². The van der Waals surface area contributed by atoms with Gasteiger partial charge in [0.2, 0.25) is 0 Å². The number of nitrogen functional groups attached to an aromatic ring is 1. The van der Waals surface area contributed by atoms with Crippen LogP contribution in [0.5, 0.6) is 0 Å². The van der Waals surface area contributed by atoms with Crippen molar-refractivity contribution in [2.24, 2.45) is 0 Å². The maximum atomic E-state index is 13.4. The van der Waals surface area contributed by atoms with Crippen molar-refractivity contribution in [3.05, 3.63) is 21.5 Å². The van der Waals surface area contributed by atoms with Crippen molar-refractivity contribution in [2.45, 2.75) is 0 Å². The standard InChI is InChI=1S/C10H14FIN2O2/c11-7-5-10(9(13)6-8(7)12)14(1-3-15)2-4-16/h5-6,15-16H,1-4,13H2. The monoisotopic (exact) mass is 340 g/mol. The summed E-state index contributed by atoms with van der Waals surface area (Å²) in [7, 11) is 0. The minimum atomic E-state index is -0.356. The van der Waals surface area contributed by atoms with Crippen LogP contribution in [0.4, 0.5) is 15.8 Å². The molecule has 1 aromatic carbocycles. The largest absolute Gasteiger partial charge is 0.397 e. The van der Waals surface area contributed by atoms with Crippen molar-refractivity contribution in [2.75, 3.05) is 36.9 Å². The number of aliphatic hydroxyl groups is 2. The molecule has 90 valence electrons. The van der Waals surface area contributed by atoms with E-state index in [1.165, 1.54) is 12.1 Å². The molecule has 0 amide bonds. The third-order valence-electron chi connectivity index (χ3n) is 2.15. The van der Waals surface area contributed by atoms with Gasteiger partial charge in [-0.1, -0.05) is 0 Å². The Morgan fingerprint density at radius 1 is 1.25 bits per heavy atom. The number of rotatable bonds is 5. The number of nitrogens with two attached hydrogens (primary N) is 1. The molecule has 0 aromatic heterocycles. The fourth-order valence-electron chi connectivity index (χ4n) is 1.42. The molecule has 0 radical (unpaired) electrons. The highest BCUT2D eigenvalue weighted by Crippen LogP contribution is 2.27. The molecule has 0 saturated heterocycles. The fraction of sp³-hybridized carbons (Fsp3) is 0.400. The summed E-state index contributed by atoms with van der Waals surface area (Å²) in [5, 5.41) is 17.8. The molecule has 0 fully saturated rings. The molecule has 0 heterocycles. The van der Waals surface area contributed by atoms with Gasteiger partial charge in [-0.2, -0.15) is 0 Å². The number of hydrogen-bond donors (Lipinski definition) is 3. The van der Waals surface area contributed by atoms with Crippen LogP contribution in [0, 0.1) is 9.39 Å². The van der Waals surface area contributed by atoms with Gasteiger partial charge >= 0.3 is 0 Å². The van der Waals surface area contributed by atoms with Crippen LogP contribution in [0.25, 0.3) is 0 Å². The van der Waals surface area contributed by atoms with Crippen molar-refractivity contribution in [1.82, 2.24) is 0 Å². The van der Waals surface area contributed by atoms with E-state index in [4.69, 9.17) is 15.9 Å². The van der Waals surface area contributed by atoms with Crippen LogP contribution in [0.3, 0.4) is 0 Å². The molecule has 0 aliphatic heterocycles. The average molecular weight is 340 g/mol. The van der Waals surface area contributed by atoms with Crippen LogP contribution in [0.2, 0.25) is 0 Å². The van der Waals surface area contributed by atoms with Crippen LogP contribution in [0.1, 0.15) is 0 Å². The van der Waals surface area contributed by atoms with E-state index in [2.05, 4.69) is 0 Å². The number of aliphatic hydroxyl groups excluding tert-OH is 2. The van der Waals surface area contributed by atoms with E-state index in [0.717, 1.165) is 0 Å². The molecule has 0 spiro atoms. The molecule has 0 atom stereocenters. The molecular weight excluding hydrogens is 326 g/mol. The van der Waals surface area contributed by atoms with Crippen molar-refractivity contribution in [3.63, 3.8) is 0 Å². The number of hydrogen-bond acceptors (Lipinski definition) is 4. The van der Waals surface area contributed by atoms with Gasteiger partial charge in [-0.3, -0.25) is 0 Å². The molecule has 1 aromatic rings. The highest BCUT2D eigenvalue weighted by molar-refractivity contribution is 14.1. The molecule has 0 bridgehead atoms. The van der Waals surface area contributed by atoms with Gasteiger partial charge in [0.1, 0.15) is 5.82 Å². The van der Waals surface area contributed by atoms with E-state index in [1.807, 2.05) is 22.6 Å². The summed E-state index contributed by atoms with van der Waals surface area (Å²) in [6, 6.07) is 2.86. The van der Waals surface area contributed by atoms with Crippen LogP contribution in [0.15, 0.2) is 12.1 Å². The van der Waals surface area contributed by atoms with E-state index in [0.29, 0.717) is 28.0 Å². The summed E-state index contributed by atoms with van der Waals surface area (Å²) < 4.78 is 13.8. The third kappa shape index (κ3) is 3.19. The summed E-state index contributed by atoms with van der Waals surface area (Å²) in [5.74, 6) is -0.356. The quantitative estimate of drug-likeness (QED) is 0.548. The topological polar surface area (TPSA) is 69.7 Å². The lowest BCUT2D eigenvalue weighted by Crippen LogP contribution is -2.30. The van der Waals surface area contributed by atoms with Crippen LogP contribution in [-0.2, 0) is 0 Å². The highest BCUT2D eigenvalue weighted by Gasteiger charge is 2.12. The van der Waals surface area contributed by atoms with E-state index in [1.54, 1.807) is 4.90 Å². The van der Waals surface area contributed by atoms with Crippen LogP contribution < -0.4 is 10.6 Å². The van der Waals surface area contributed by atoms with Crippen molar-refractivity contribution >= 4 is 34.0 Å². The first-order valence-corrected chi connectivity index (χ1v) is 5.89. The first kappa shape index (κ1) is 13.5. The molecule has 6 heteroatoms. The summed E-state index contributed by atoms with van der Waals surface area (Å²) in [6.45, 7) is 0.468. The van der Waals surface area contributed by atoms with Crippen LogP contribution >= 0.6 is 22.6 Å². The molecule has 4 nitrogen and oxygen atoms in total. The first-order chi connectivity index (χ1) is 7.60. The summed E-state index contributed by atoms with van der Waals surface area (Å²) in [4.78, 5) is 1.65. The molecule has 0 saturated carbocycles. The minimum Gasteiger partial charge on any atom is -0.397 e. The van der Waals surface area contributed by atoms with E-state index < -0.39 is 0 Å². The molecule has 0 aliphatic carbocycles. The lowest BCUT2D eigenvalue weighted by Gasteiger charge is -2.24. The van der Waals surface area contributed by atoms with Gasteiger partial charge in [0, 0.05) is 19.2 Å². The first-order valence-electron chi connectivity index (χ1n) is 4.81. The zero-order valence-electron chi connectivity index (χ0n) is 8.66. The summed E-state index contributed by atoms with van der Waals surface area (Å²) in [6.07, 6.45) is 0. The number of halogens is 2. The molecular formula is C10H14FIN2O2. The average Bonchev–Trinajstić information content (AvgIpc) is 2.23. The van der Waals surface area contributed by atoms with E-state index >= 15 is 0 Å². The Morgan fingerprint density at radius 3 is 2.31 bits per heavy atom. The normalized spacial score (nSPS) is 10.5. The zero-order valence-corrected chi connectivity index (χ0v) is 10.8. The van der Waals surface area contributed by atoms with Gasteiger partial charge in [0.15, 0.2) is 0 Å². The van der Waals surface area contributed by atoms with Gasteiger partial charge in [-0.25, -0.2) is 4.39 Å². The Labute approximate surface area is 107 Å². The second-order valence-corrected chi connectivity index (χ2v) is 4.42. The Kier molecular flexibility index (Phi) is 5.23. The van der Waals surface area contributed by atoms with E-state index in [-0.39, 0.29) is 19.0 Å². The molecule has 16 heavy (non-hydrogen) atoms. The van der Waals surface area contributed by atoms with Gasteiger partial charge < -0.3 is 20.8 Å². The second kappa shape index (κ2) is 6.21. The van der Waals surface area contributed by atoms with Crippen LogP contribution in [-0.4, -0.2) is 36.5 Å². The molecule has 0 aliphatic rings. The summed E-state index contributed by atoms with van der Waals surface area (Å²) in [5.41, 5.74) is 6.71. The maximum absolute atomic E-state index is 13.4. The van der Waals surface area contributed by atoms with Gasteiger partial charge in [-0.15, -0.1) is 0 Å². The molecule has 0 unspecified atom stereocenters. The number of benzene rings is 1. The fourth-order valence-corrected chi connectivity index (χ4v) is 1.91. The third-order valence-corrected chi connectivity index (χ3v) is 2.98. The van der Waals surface area contributed by atoms with Crippen molar-refractivity contribution in [1.29, 1.82) is 0 Å². The Hall–Kier alpha value is -0.600. The maximum Gasteiger partial charge on any atom is 0.138 e. The SMILES string of the molecule is Nc1cc(I)c(F)cc1N(CCO)CCO. The number of nitrogens with zero attached hydrogens (tertiary/aromatic N) is 1. The summed E-state index contributed by atoms with van der Waals surface area (Å²) >= 11 is 1.86. The van der Waals surface area contributed by atoms with Crippen molar-refractivity contribution in [3.8, 4) is 0 Å². The lowest BCUT2D eigenvalue weighted by molar-refractivity contribution is 0.281. The van der Waals surface area contributed by atoms with Crippen molar-refractivity contribution < 1.29 is 14.6 Å². The minimum absolute atomic E-state index is 0.0763. The van der Waals surface area contributed by atoms with Gasteiger partial charge in [0.25, 0.3) is 0 Å². The Balaban J connectivity index is 3.03. The Bertz CT molecular complexity index is 357.